The summed E-state index contributed by atoms with van der Waals surface area (Å²) < 4.78 is 0. The minimum atomic E-state index is 1.12. The topological polar surface area (TPSA) is 29.1 Å². The van der Waals surface area contributed by atoms with Crippen molar-refractivity contribution in [1.82, 2.24) is 0 Å². The van der Waals surface area contributed by atoms with E-state index in [0.29, 0.717) is 0 Å². The van der Waals surface area contributed by atoms with E-state index < -0.39 is 0 Å². The second-order valence-electron chi connectivity index (χ2n) is 3.54. The fourth-order valence-electron chi connectivity index (χ4n) is 1.72. The van der Waals surface area contributed by atoms with E-state index in [9.17, 15) is 0 Å². The molecule has 0 saturated carbocycles. The van der Waals surface area contributed by atoms with E-state index in [0.717, 1.165) is 18.8 Å². The molecule has 0 spiro atoms. The fourth-order valence-corrected chi connectivity index (χ4v) is 2.62. The van der Waals surface area contributed by atoms with Crippen molar-refractivity contribution in [3.63, 3.8) is 0 Å². The predicted molar refractivity (Wildman–Crippen MR) is 64.6 cm³/mol. The molecule has 0 aliphatic carbocycles. The minimum Gasteiger partial charge on any atom is -0.370 e. The van der Waals surface area contributed by atoms with Crippen molar-refractivity contribution >= 4 is 23.1 Å². The molecule has 82 valence electrons. The van der Waals surface area contributed by atoms with Crippen LogP contribution in [0.25, 0.3) is 0 Å². The number of nitrogens with two attached hydrogens (primary N) is 1. The molecular formula is C11H17N2OS+. The second-order valence-corrected chi connectivity index (χ2v) is 4.77. The van der Waals surface area contributed by atoms with Crippen LogP contribution in [0.1, 0.15) is 0 Å². The molecule has 2 N–H and O–H groups in total. The van der Waals surface area contributed by atoms with E-state index in [4.69, 9.17) is 4.84 Å². The first kappa shape index (κ1) is 10.8. The molecule has 3 nitrogen and oxygen atoms in total. The Morgan fingerprint density at radius 3 is 2.47 bits per heavy atom. The van der Waals surface area contributed by atoms with Gasteiger partial charge in [-0.15, -0.1) is 0 Å². The Labute approximate surface area is 94.8 Å². The Bertz CT molecular complexity index is 296. The first-order chi connectivity index (χ1) is 7.40. The molecule has 15 heavy (non-hydrogen) atoms. The molecule has 1 aromatic rings. The molecule has 2 rings (SSSR count). The van der Waals surface area contributed by atoms with Crippen LogP contribution in [-0.2, 0) is 4.84 Å². The summed E-state index contributed by atoms with van der Waals surface area (Å²) in [5, 5.41) is 0. The molecular weight excluding hydrogens is 208 g/mol. The van der Waals surface area contributed by atoms with E-state index in [2.05, 4.69) is 29.2 Å². The van der Waals surface area contributed by atoms with Gasteiger partial charge < -0.3 is 4.90 Å². The van der Waals surface area contributed by atoms with Crippen LogP contribution in [0.2, 0.25) is 0 Å². The molecule has 0 unspecified atom stereocenters. The third-order valence-electron chi connectivity index (χ3n) is 2.52. The lowest BCUT2D eigenvalue weighted by Crippen LogP contribution is -2.75. The summed E-state index contributed by atoms with van der Waals surface area (Å²) in [6, 6.07) is 8.53. The largest absolute Gasteiger partial charge is 0.370 e. The summed E-state index contributed by atoms with van der Waals surface area (Å²) in [7, 11) is 1.68. The maximum Gasteiger partial charge on any atom is 0.162 e. The number of hydrogen-bond donors (Lipinski definition) is 1. The maximum atomic E-state index is 4.97. The number of thioether (sulfide) groups is 1. The van der Waals surface area contributed by atoms with Gasteiger partial charge in [0.05, 0.1) is 7.11 Å². The van der Waals surface area contributed by atoms with Crippen molar-refractivity contribution in [2.45, 2.75) is 0 Å². The number of benzene rings is 1. The lowest BCUT2D eigenvalue weighted by atomic mass is 10.2. The third-order valence-corrected chi connectivity index (χ3v) is 3.47. The number of anilines is 1. The Hall–Kier alpha value is -0.710. The number of nitrogens with zero attached hydrogens (tertiary/aromatic N) is 1. The van der Waals surface area contributed by atoms with E-state index >= 15 is 0 Å². The van der Waals surface area contributed by atoms with Gasteiger partial charge in [-0.2, -0.15) is 17.2 Å². The van der Waals surface area contributed by atoms with Crippen molar-refractivity contribution in [3.8, 4) is 0 Å². The van der Waals surface area contributed by atoms with Gasteiger partial charge in [-0.05, 0) is 12.1 Å². The maximum absolute atomic E-state index is 4.97. The normalized spacial score (nSPS) is 16.7. The highest BCUT2D eigenvalue weighted by Crippen LogP contribution is 2.19. The van der Waals surface area contributed by atoms with Gasteiger partial charge >= 0.3 is 0 Å². The highest BCUT2D eigenvalue weighted by atomic mass is 32.2. The predicted octanol–water partition coefficient (Wildman–Crippen LogP) is 0.996. The highest BCUT2D eigenvalue weighted by Gasteiger charge is 2.10. The van der Waals surface area contributed by atoms with E-state index in [1.807, 2.05) is 11.8 Å². The second kappa shape index (κ2) is 5.39. The van der Waals surface area contributed by atoms with Crippen LogP contribution >= 0.6 is 11.8 Å². The summed E-state index contributed by atoms with van der Waals surface area (Å²) in [6.45, 7) is 2.33. The van der Waals surface area contributed by atoms with Gasteiger partial charge in [0.1, 0.15) is 0 Å². The zero-order chi connectivity index (χ0) is 10.5. The van der Waals surface area contributed by atoms with Crippen molar-refractivity contribution in [3.05, 3.63) is 24.3 Å². The number of rotatable bonds is 3. The standard InChI is InChI=1S/C11H16N2OS/c1-14-12-10-2-4-11(5-3-10)13-6-8-15-9-7-13/h2-5,12H,6-9H2,1H3/p+1. The first-order valence-corrected chi connectivity index (χ1v) is 6.34. The first-order valence-electron chi connectivity index (χ1n) is 5.19. The molecule has 0 amide bonds. The van der Waals surface area contributed by atoms with Crippen LogP contribution in [0.3, 0.4) is 0 Å². The van der Waals surface area contributed by atoms with E-state index in [1.165, 1.54) is 17.2 Å². The van der Waals surface area contributed by atoms with Crippen molar-refractivity contribution in [2.75, 3.05) is 36.6 Å². The molecule has 0 atom stereocenters. The van der Waals surface area contributed by atoms with Crippen LogP contribution in [-0.4, -0.2) is 31.7 Å². The van der Waals surface area contributed by atoms with Crippen molar-refractivity contribution in [1.29, 1.82) is 0 Å². The third kappa shape index (κ3) is 2.87. The molecule has 0 radical (unpaired) electrons. The summed E-state index contributed by atoms with van der Waals surface area (Å²) in [5.41, 5.74) is 4.20. The quantitative estimate of drug-likeness (QED) is 0.614. The Morgan fingerprint density at radius 2 is 1.87 bits per heavy atom. The van der Waals surface area contributed by atoms with Crippen LogP contribution in [0.4, 0.5) is 11.4 Å². The average molecular weight is 225 g/mol. The van der Waals surface area contributed by atoms with Crippen molar-refractivity contribution < 1.29 is 10.3 Å². The van der Waals surface area contributed by atoms with Gasteiger partial charge in [0, 0.05) is 42.4 Å². The van der Waals surface area contributed by atoms with Crippen LogP contribution in [0.5, 0.6) is 0 Å². The molecule has 1 aliphatic rings. The summed E-state index contributed by atoms with van der Waals surface area (Å²) in [5.74, 6) is 2.48. The van der Waals surface area contributed by atoms with Crippen LogP contribution in [0.15, 0.2) is 24.3 Å². The minimum absolute atomic E-state index is 1.12. The highest BCUT2D eigenvalue weighted by molar-refractivity contribution is 7.99. The van der Waals surface area contributed by atoms with Gasteiger partial charge in [0.15, 0.2) is 5.69 Å². The Balaban J connectivity index is 2.02. The van der Waals surface area contributed by atoms with Crippen molar-refractivity contribution in [2.24, 2.45) is 0 Å². The Kier molecular flexibility index (Phi) is 3.88. The fraction of sp³-hybridized carbons (Fsp3) is 0.455. The zero-order valence-electron chi connectivity index (χ0n) is 8.98. The molecule has 4 heteroatoms. The summed E-state index contributed by atoms with van der Waals surface area (Å²) >= 11 is 2.04. The summed E-state index contributed by atoms with van der Waals surface area (Å²) in [6.07, 6.45) is 0. The lowest BCUT2D eigenvalue weighted by molar-refractivity contribution is -0.830. The summed E-state index contributed by atoms with van der Waals surface area (Å²) in [4.78, 5) is 7.41. The monoisotopic (exact) mass is 225 g/mol. The van der Waals surface area contributed by atoms with Gasteiger partial charge in [-0.1, -0.05) is 0 Å². The molecule has 1 saturated heterocycles. The van der Waals surface area contributed by atoms with Gasteiger partial charge in [0.25, 0.3) is 0 Å². The SMILES string of the molecule is CO[NH2+]c1ccc(N2CCSCC2)cc1. The lowest BCUT2D eigenvalue weighted by Gasteiger charge is -2.28. The van der Waals surface area contributed by atoms with E-state index in [1.54, 1.807) is 12.6 Å². The Morgan fingerprint density at radius 1 is 1.20 bits per heavy atom. The van der Waals surface area contributed by atoms with Gasteiger partial charge in [0.2, 0.25) is 0 Å². The smallest absolute Gasteiger partial charge is 0.162 e. The molecule has 0 bridgehead atoms. The van der Waals surface area contributed by atoms with E-state index in [-0.39, 0.29) is 0 Å². The molecule has 0 aromatic heterocycles. The van der Waals surface area contributed by atoms with Crippen LogP contribution < -0.4 is 10.4 Å². The average Bonchev–Trinajstić information content (AvgIpc) is 2.32. The van der Waals surface area contributed by atoms with Gasteiger partial charge in [-0.25, -0.2) is 4.84 Å². The molecule has 1 heterocycles. The zero-order valence-corrected chi connectivity index (χ0v) is 9.80. The molecule has 1 aliphatic heterocycles. The number of hydrogen-bond acceptors (Lipinski definition) is 3. The molecule has 1 aromatic carbocycles. The van der Waals surface area contributed by atoms with Gasteiger partial charge in [-0.3, -0.25) is 0 Å². The number of quaternary nitrogens is 1. The van der Waals surface area contributed by atoms with Crippen LogP contribution in [0, 0.1) is 0 Å². The molecule has 1 fully saturated rings.